The molecule has 0 bridgehead atoms. The number of para-hydroxylation sites is 1. The summed E-state index contributed by atoms with van der Waals surface area (Å²) in [6.45, 7) is 0. The molecule has 0 spiro atoms. The first-order chi connectivity index (χ1) is 26.8. The van der Waals surface area contributed by atoms with Crippen LogP contribution in [0.3, 0.4) is 0 Å². The smallest absolute Gasteiger partial charge is 0.164 e. The lowest BCUT2D eigenvalue weighted by atomic mass is 9.86. The number of aromatic nitrogens is 4. The van der Waals surface area contributed by atoms with Crippen LogP contribution in [0.4, 0.5) is 5.69 Å². The molecule has 9 aromatic rings. The van der Waals surface area contributed by atoms with E-state index in [0.29, 0.717) is 17.5 Å². The van der Waals surface area contributed by atoms with Crippen molar-refractivity contribution in [1.29, 1.82) is 0 Å². The predicted octanol–water partition coefficient (Wildman–Crippen LogP) is 11.1. The zero-order valence-corrected chi connectivity index (χ0v) is 29.2. The standard InChI is InChI=1S/C48H32N6/c1-4-14-32(15-5-1)46-50-47(33-16-6-2-7-17-33)52-48(51-46)34-18-12-21-36(29-34)53-43-28-27-42-41(30-49-54(42)35-19-8-3-9-20-35)44(43)40-26-25-38-37-22-11-10-13-31(37)23-24-39(38)45(40)53/h1-30,41-42H. The molecule has 0 saturated heterocycles. The molecule has 7 aromatic carbocycles. The van der Waals surface area contributed by atoms with Crippen molar-refractivity contribution in [3.63, 3.8) is 0 Å². The van der Waals surface area contributed by atoms with Gasteiger partial charge >= 0.3 is 0 Å². The summed E-state index contributed by atoms with van der Waals surface area (Å²) in [5.41, 5.74) is 8.57. The normalized spacial score (nSPS) is 16.0. The Labute approximate surface area is 312 Å². The van der Waals surface area contributed by atoms with Crippen LogP contribution in [-0.4, -0.2) is 31.8 Å². The summed E-state index contributed by atoms with van der Waals surface area (Å²) in [6, 6.07) is 57.2. The summed E-state index contributed by atoms with van der Waals surface area (Å²) in [5.74, 6) is 2.00. The molecule has 11 rings (SSSR count). The molecule has 2 aromatic heterocycles. The molecule has 1 aliphatic heterocycles. The highest BCUT2D eigenvalue weighted by Gasteiger charge is 2.38. The second-order valence-corrected chi connectivity index (χ2v) is 13.9. The molecule has 254 valence electrons. The number of nitrogens with zero attached hydrogens (tertiary/aromatic N) is 6. The van der Waals surface area contributed by atoms with Crippen molar-refractivity contribution in [2.45, 2.75) is 12.0 Å². The van der Waals surface area contributed by atoms with E-state index in [2.05, 4.69) is 125 Å². The zero-order chi connectivity index (χ0) is 35.6. The average Bonchev–Trinajstić information content (AvgIpc) is 3.84. The van der Waals surface area contributed by atoms with Crippen molar-refractivity contribution in [2.75, 3.05) is 5.01 Å². The molecule has 2 aliphatic rings. The summed E-state index contributed by atoms with van der Waals surface area (Å²) in [5, 5.41) is 13.3. The van der Waals surface area contributed by atoms with Crippen molar-refractivity contribution in [1.82, 2.24) is 19.5 Å². The third-order valence-corrected chi connectivity index (χ3v) is 10.8. The van der Waals surface area contributed by atoms with Gasteiger partial charge in [0.2, 0.25) is 0 Å². The minimum atomic E-state index is 0.0793. The second kappa shape index (κ2) is 12.2. The van der Waals surface area contributed by atoms with Crippen molar-refractivity contribution < 1.29 is 0 Å². The maximum Gasteiger partial charge on any atom is 0.164 e. The number of hydrogen-bond donors (Lipinski definition) is 0. The van der Waals surface area contributed by atoms with Crippen molar-refractivity contribution in [3.05, 3.63) is 181 Å². The Bertz CT molecular complexity index is 2890. The van der Waals surface area contributed by atoms with Crippen LogP contribution in [0.1, 0.15) is 17.2 Å². The Hall–Kier alpha value is -7.18. The Balaban J connectivity index is 1.14. The quantitative estimate of drug-likeness (QED) is 0.169. The van der Waals surface area contributed by atoms with E-state index in [1.54, 1.807) is 0 Å². The SMILES string of the molecule is C1=CC2C(C=NN2c2ccccc2)c2c1n(-c1cccc(-c3nc(-c4ccccc4)nc(-c4ccccc4)n3)c1)c1c2ccc2c3ccccc3ccc21. The summed E-state index contributed by atoms with van der Waals surface area (Å²) in [7, 11) is 0. The summed E-state index contributed by atoms with van der Waals surface area (Å²) in [4.78, 5) is 15.1. The highest BCUT2D eigenvalue weighted by atomic mass is 15.5. The van der Waals surface area contributed by atoms with Crippen LogP contribution in [0.25, 0.3) is 78.4 Å². The van der Waals surface area contributed by atoms with Gasteiger partial charge in [0.05, 0.1) is 22.9 Å². The van der Waals surface area contributed by atoms with Crippen LogP contribution in [-0.2, 0) is 0 Å². The highest BCUT2D eigenvalue weighted by Crippen LogP contribution is 2.46. The van der Waals surface area contributed by atoms with Crippen molar-refractivity contribution in [2.24, 2.45) is 5.10 Å². The van der Waals surface area contributed by atoms with Gasteiger partial charge in [0, 0.05) is 45.3 Å². The molecule has 54 heavy (non-hydrogen) atoms. The second-order valence-electron chi connectivity index (χ2n) is 13.9. The minimum Gasteiger partial charge on any atom is -0.309 e. The lowest BCUT2D eigenvalue weighted by Crippen LogP contribution is -2.31. The van der Waals surface area contributed by atoms with E-state index >= 15 is 0 Å². The topological polar surface area (TPSA) is 59.2 Å². The third kappa shape index (κ3) is 4.81. The van der Waals surface area contributed by atoms with E-state index in [1.165, 1.54) is 38.0 Å². The number of anilines is 1. The van der Waals surface area contributed by atoms with Gasteiger partial charge in [-0.1, -0.05) is 146 Å². The molecular formula is C48H32N6. The number of rotatable bonds is 5. The number of fused-ring (bicyclic) bond motifs is 9. The molecular weight excluding hydrogens is 661 g/mol. The Morgan fingerprint density at radius 2 is 1.06 bits per heavy atom. The third-order valence-electron chi connectivity index (χ3n) is 10.8. The first kappa shape index (κ1) is 30.4. The average molecular weight is 693 g/mol. The van der Waals surface area contributed by atoms with E-state index in [-0.39, 0.29) is 12.0 Å². The molecule has 0 amide bonds. The molecule has 6 heteroatoms. The van der Waals surface area contributed by atoms with Gasteiger partial charge in [0.1, 0.15) is 0 Å². The van der Waals surface area contributed by atoms with Crippen LogP contribution >= 0.6 is 0 Å². The Morgan fingerprint density at radius 1 is 0.463 bits per heavy atom. The van der Waals surface area contributed by atoms with Gasteiger partial charge in [-0.25, -0.2) is 15.0 Å². The minimum absolute atomic E-state index is 0.0793. The summed E-state index contributed by atoms with van der Waals surface area (Å²) >= 11 is 0. The first-order valence-electron chi connectivity index (χ1n) is 18.3. The summed E-state index contributed by atoms with van der Waals surface area (Å²) < 4.78 is 2.44. The van der Waals surface area contributed by atoms with Crippen molar-refractivity contribution in [3.8, 4) is 39.9 Å². The predicted molar refractivity (Wildman–Crippen MR) is 221 cm³/mol. The largest absolute Gasteiger partial charge is 0.309 e. The van der Waals surface area contributed by atoms with Gasteiger partial charge in [0.15, 0.2) is 17.5 Å². The van der Waals surface area contributed by atoms with Gasteiger partial charge in [0.25, 0.3) is 0 Å². The fourth-order valence-electron chi connectivity index (χ4n) is 8.33. The number of hydrogen-bond acceptors (Lipinski definition) is 5. The Kier molecular flexibility index (Phi) is 6.89. The molecule has 6 nitrogen and oxygen atoms in total. The molecule has 2 atom stereocenters. The zero-order valence-electron chi connectivity index (χ0n) is 29.2. The van der Waals surface area contributed by atoms with Gasteiger partial charge in [-0.05, 0) is 52.1 Å². The fourth-order valence-corrected chi connectivity index (χ4v) is 8.33. The first-order valence-corrected chi connectivity index (χ1v) is 18.3. The van der Waals surface area contributed by atoms with Crippen LogP contribution in [0.2, 0.25) is 0 Å². The molecule has 0 saturated carbocycles. The molecule has 3 heterocycles. The Morgan fingerprint density at radius 3 is 1.80 bits per heavy atom. The van der Waals surface area contributed by atoms with E-state index < -0.39 is 0 Å². The maximum atomic E-state index is 5.07. The molecule has 0 N–H and O–H groups in total. The van der Waals surface area contributed by atoms with Gasteiger partial charge in [-0.3, -0.25) is 5.01 Å². The molecule has 1 aliphatic carbocycles. The fraction of sp³-hybridized carbons (Fsp3) is 0.0417. The maximum absolute atomic E-state index is 5.07. The van der Waals surface area contributed by atoms with E-state index in [0.717, 1.165) is 33.8 Å². The monoisotopic (exact) mass is 692 g/mol. The number of hydrazone groups is 1. The van der Waals surface area contributed by atoms with Crippen molar-refractivity contribution >= 4 is 50.4 Å². The lowest BCUT2D eigenvalue weighted by Gasteiger charge is -2.28. The molecule has 2 unspecified atom stereocenters. The lowest BCUT2D eigenvalue weighted by molar-refractivity contribution is 0.719. The van der Waals surface area contributed by atoms with E-state index in [9.17, 15) is 0 Å². The van der Waals surface area contributed by atoms with Gasteiger partial charge in [-0.15, -0.1) is 0 Å². The van der Waals surface area contributed by atoms with E-state index in [4.69, 9.17) is 20.1 Å². The highest BCUT2D eigenvalue weighted by molar-refractivity contribution is 6.18. The van der Waals surface area contributed by atoms with Gasteiger partial charge in [-0.2, -0.15) is 5.10 Å². The van der Waals surface area contributed by atoms with Crippen LogP contribution in [0.5, 0.6) is 0 Å². The van der Waals surface area contributed by atoms with Crippen LogP contribution < -0.4 is 5.01 Å². The van der Waals surface area contributed by atoms with Crippen LogP contribution in [0, 0.1) is 0 Å². The molecule has 0 fully saturated rings. The summed E-state index contributed by atoms with van der Waals surface area (Å²) in [6.07, 6.45) is 6.74. The molecule has 0 radical (unpaired) electrons. The van der Waals surface area contributed by atoms with Gasteiger partial charge < -0.3 is 4.57 Å². The number of benzene rings is 7. The van der Waals surface area contributed by atoms with Crippen LogP contribution in [0.15, 0.2) is 175 Å². The van der Waals surface area contributed by atoms with E-state index in [1.807, 2.05) is 66.7 Å².